The SMILES string of the molecule is COC(=O)c1ccc(Cl)c(COC(=O)c2cc3c(C)[nH]nc3cn2)c1. The Labute approximate surface area is 147 Å². The molecule has 1 N–H and O–H groups in total. The predicted molar refractivity (Wildman–Crippen MR) is 90.5 cm³/mol. The van der Waals surface area contributed by atoms with Gasteiger partial charge < -0.3 is 9.47 Å². The molecule has 2 heterocycles. The summed E-state index contributed by atoms with van der Waals surface area (Å²) in [6, 6.07) is 6.23. The maximum atomic E-state index is 12.2. The third-order valence-electron chi connectivity index (χ3n) is 3.67. The first-order chi connectivity index (χ1) is 12.0. The summed E-state index contributed by atoms with van der Waals surface area (Å²) >= 11 is 6.09. The number of benzene rings is 1. The molecule has 3 rings (SSSR count). The van der Waals surface area contributed by atoms with Crippen LogP contribution in [0.3, 0.4) is 0 Å². The minimum Gasteiger partial charge on any atom is -0.465 e. The normalized spacial score (nSPS) is 10.7. The van der Waals surface area contributed by atoms with Gasteiger partial charge in [0.15, 0.2) is 0 Å². The van der Waals surface area contributed by atoms with Crippen molar-refractivity contribution in [1.29, 1.82) is 0 Å². The van der Waals surface area contributed by atoms with Gasteiger partial charge in [0.1, 0.15) is 17.8 Å². The summed E-state index contributed by atoms with van der Waals surface area (Å²) in [5, 5.41) is 8.07. The Morgan fingerprint density at radius 3 is 2.80 bits per heavy atom. The number of aromatic nitrogens is 3. The first-order valence-electron chi connectivity index (χ1n) is 7.34. The number of esters is 2. The molecule has 0 unspecified atom stereocenters. The standard InChI is InChI=1S/C17H14ClN3O4/c1-9-12-6-14(19-7-15(12)21-20-9)17(23)25-8-11-5-10(16(22)24-2)3-4-13(11)18/h3-7H,8H2,1-2H3,(H,20,21). The van der Waals surface area contributed by atoms with E-state index < -0.39 is 11.9 Å². The van der Waals surface area contributed by atoms with E-state index in [0.29, 0.717) is 21.7 Å². The number of aryl methyl sites for hydroxylation is 1. The molecule has 7 nitrogen and oxygen atoms in total. The Kier molecular flexibility index (Phi) is 4.67. The van der Waals surface area contributed by atoms with Crippen molar-refractivity contribution in [3.63, 3.8) is 0 Å². The summed E-state index contributed by atoms with van der Waals surface area (Å²) in [5.41, 5.74) is 2.49. The van der Waals surface area contributed by atoms with E-state index >= 15 is 0 Å². The number of nitrogens with zero attached hydrogens (tertiary/aromatic N) is 2. The lowest BCUT2D eigenvalue weighted by atomic mass is 10.1. The first kappa shape index (κ1) is 16.9. The molecule has 0 saturated carbocycles. The lowest BCUT2D eigenvalue weighted by Crippen LogP contribution is -2.08. The number of rotatable bonds is 4. The topological polar surface area (TPSA) is 94.2 Å². The molecular weight excluding hydrogens is 346 g/mol. The minimum absolute atomic E-state index is 0.0907. The fraction of sp³-hybridized carbons (Fsp3) is 0.176. The van der Waals surface area contributed by atoms with Crippen LogP contribution in [0.15, 0.2) is 30.5 Å². The maximum absolute atomic E-state index is 12.2. The molecule has 0 spiro atoms. The van der Waals surface area contributed by atoms with Crippen LogP contribution in [-0.4, -0.2) is 34.2 Å². The van der Waals surface area contributed by atoms with Gasteiger partial charge in [-0.2, -0.15) is 5.10 Å². The number of hydrogen-bond donors (Lipinski definition) is 1. The average molecular weight is 360 g/mol. The number of carbonyl (C=O) groups is 2. The second kappa shape index (κ2) is 6.90. The molecule has 0 aliphatic rings. The lowest BCUT2D eigenvalue weighted by molar-refractivity contribution is 0.0466. The Morgan fingerprint density at radius 2 is 2.04 bits per heavy atom. The van der Waals surface area contributed by atoms with Crippen LogP contribution in [0.4, 0.5) is 0 Å². The largest absolute Gasteiger partial charge is 0.465 e. The molecule has 128 valence electrons. The van der Waals surface area contributed by atoms with Crippen LogP contribution in [0.25, 0.3) is 10.9 Å². The van der Waals surface area contributed by atoms with E-state index in [-0.39, 0.29) is 12.3 Å². The molecule has 0 amide bonds. The van der Waals surface area contributed by atoms with Gasteiger partial charge in [-0.1, -0.05) is 11.6 Å². The summed E-state index contributed by atoms with van der Waals surface area (Å²) in [6.07, 6.45) is 1.50. The summed E-state index contributed by atoms with van der Waals surface area (Å²) in [6.45, 7) is 1.76. The lowest BCUT2D eigenvalue weighted by Gasteiger charge is -2.08. The van der Waals surface area contributed by atoms with Gasteiger partial charge in [0.05, 0.1) is 18.9 Å². The first-order valence-corrected chi connectivity index (χ1v) is 7.72. The Hall–Kier alpha value is -2.93. The van der Waals surface area contributed by atoms with Crippen molar-refractivity contribution in [1.82, 2.24) is 15.2 Å². The van der Waals surface area contributed by atoms with Crippen LogP contribution in [0.5, 0.6) is 0 Å². The fourth-order valence-electron chi connectivity index (χ4n) is 2.30. The molecule has 0 aliphatic heterocycles. The van der Waals surface area contributed by atoms with Crippen LogP contribution in [0.1, 0.15) is 32.1 Å². The van der Waals surface area contributed by atoms with E-state index in [1.54, 1.807) is 12.1 Å². The third kappa shape index (κ3) is 3.46. The van der Waals surface area contributed by atoms with Gasteiger partial charge in [-0.15, -0.1) is 0 Å². The van der Waals surface area contributed by atoms with E-state index in [2.05, 4.69) is 19.9 Å². The zero-order valence-electron chi connectivity index (χ0n) is 13.5. The van der Waals surface area contributed by atoms with Crippen molar-refractivity contribution in [2.75, 3.05) is 7.11 Å². The van der Waals surface area contributed by atoms with Gasteiger partial charge in [0, 0.05) is 21.7 Å². The van der Waals surface area contributed by atoms with Gasteiger partial charge in [-0.05, 0) is 31.2 Å². The molecule has 1 aromatic carbocycles. The number of methoxy groups -OCH3 is 1. The van der Waals surface area contributed by atoms with E-state index in [1.807, 2.05) is 6.92 Å². The number of nitrogens with one attached hydrogen (secondary N) is 1. The average Bonchev–Trinajstić information content (AvgIpc) is 3.00. The van der Waals surface area contributed by atoms with Gasteiger partial charge in [-0.3, -0.25) is 5.10 Å². The monoisotopic (exact) mass is 359 g/mol. The summed E-state index contributed by atoms with van der Waals surface area (Å²) < 4.78 is 9.92. The third-order valence-corrected chi connectivity index (χ3v) is 4.03. The molecular formula is C17H14ClN3O4. The second-order valence-electron chi connectivity index (χ2n) is 5.31. The van der Waals surface area contributed by atoms with Gasteiger partial charge in [0.2, 0.25) is 0 Å². The highest BCUT2D eigenvalue weighted by Gasteiger charge is 2.14. The van der Waals surface area contributed by atoms with Crippen molar-refractivity contribution >= 4 is 34.4 Å². The fourth-order valence-corrected chi connectivity index (χ4v) is 2.47. The highest BCUT2D eigenvalue weighted by atomic mass is 35.5. The van der Waals surface area contributed by atoms with Crippen molar-refractivity contribution < 1.29 is 19.1 Å². The highest BCUT2D eigenvalue weighted by molar-refractivity contribution is 6.31. The van der Waals surface area contributed by atoms with Crippen LogP contribution in [0, 0.1) is 6.92 Å². The quantitative estimate of drug-likeness (QED) is 0.719. The summed E-state index contributed by atoms with van der Waals surface area (Å²) in [5.74, 6) is -1.09. The zero-order chi connectivity index (χ0) is 18.0. The number of pyridine rings is 1. The van der Waals surface area contributed by atoms with Crippen molar-refractivity contribution in [3.05, 3.63) is 58.0 Å². The number of carbonyl (C=O) groups excluding carboxylic acids is 2. The Bertz CT molecular complexity index is 968. The van der Waals surface area contributed by atoms with E-state index in [0.717, 1.165) is 11.1 Å². The Balaban J connectivity index is 1.77. The zero-order valence-corrected chi connectivity index (χ0v) is 14.3. The molecule has 0 saturated heterocycles. The molecule has 0 bridgehead atoms. The van der Waals surface area contributed by atoms with Crippen molar-refractivity contribution in [3.8, 4) is 0 Å². The molecule has 2 aromatic heterocycles. The molecule has 0 fully saturated rings. The molecule has 25 heavy (non-hydrogen) atoms. The molecule has 0 radical (unpaired) electrons. The number of H-pyrrole nitrogens is 1. The molecule has 8 heteroatoms. The molecule has 3 aromatic rings. The number of ether oxygens (including phenoxy) is 2. The summed E-state index contributed by atoms with van der Waals surface area (Å²) in [4.78, 5) is 27.9. The predicted octanol–water partition coefficient (Wildman–Crippen LogP) is 3.06. The maximum Gasteiger partial charge on any atom is 0.357 e. The van der Waals surface area contributed by atoms with Gasteiger partial charge >= 0.3 is 11.9 Å². The Morgan fingerprint density at radius 1 is 1.24 bits per heavy atom. The van der Waals surface area contributed by atoms with Crippen LogP contribution < -0.4 is 0 Å². The van der Waals surface area contributed by atoms with Crippen LogP contribution in [-0.2, 0) is 16.1 Å². The van der Waals surface area contributed by atoms with Gasteiger partial charge in [0.25, 0.3) is 0 Å². The van der Waals surface area contributed by atoms with Crippen molar-refractivity contribution in [2.45, 2.75) is 13.5 Å². The minimum atomic E-state index is -0.595. The number of aromatic amines is 1. The summed E-state index contributed by atoms with van der Waals surface area (Å²) in [7, 11) is 1.29. The van der Waals surface area contributed by atoms with Gasteiger partial charge in [-0.25, -0.2) is 14.6 Å². The van der Waals surface area contributed by atoms with Crippen molar-refractivity contribution in [2.24, 2.45) is 0 Å². The second-order valence-corrected chi connectivity index (χ2v) is 5.72. The molecule has 0 atom stereocenters. The van der Waals surface area contributed by atoms with Crippen LogP contribution >= 0.6 is 11.6 Å². The number of hydrogen-bond acceptors (Lipinski definition) is 6. The van der Waals surface area contributed by atoms with E-state index in [9.17, 15) is 9.59 Å². The molecule has 0 aliphatic carbocycles. The van der Waals surface area contributed by atoms with Crippen LogP contribution in [0.2, 0.25) is 5.02 Å². The van der Waals surface area contributed by atoms with E-state index in [4.69, 9.17) is 16.3 Å². The van der Waals surface area contributed by atoms with E-state index in [1.165, 1.54) is 25.4 Å². The smallest absolute Gasteiger partial charge is 0.357 e. The number of fused-ring (bicyclic) bond motifs is 1. The highest BCUT2D eigenvalue weighted by Crippen LogP contribution is 2.20. The number of halogens is 1.